The standard InChI is InChI=1S/C14H32O6Si2/c1-21(2,3)19-12-11-17-8-7-16-9-10-18-13-14(15)20-22(4,5)6/h7-13H2,1-6H3. The lowest BCUT2D eigenvalue weighted by Crippen LogP contribution is -2.31. The van der Waals surface area contributed by atoms with Gasteiger partial charge >= 0.3 is 5.97 Å². The van der Waals surface area contributed by atoms with E-state index in [1.54, 1.807) is 0 Å². The second kappa shape index (κ2) is 11.3. The van der Waals surface area contributed by atoms with E-state index in [2.05, 4.69) is 19.6 Å². The van der Waals surface area contributed by atoms with E-state index in [9.17, 15) is 4.79 Å². The van der Waals surface area contributed by atoms with Crippen molar-refractivity contribution in [3.8, 4) is 0 Å². The molecule has 0 radical (unpaired) electrons. The number of hydrogen-bond acceptors (Lipinski definition) is 6. The molecule has 0 aromatic heterocycles. The maximum absolute atomic E-state index is 11.4. The highest BCUT2D eigenvalue weighted by Crippen LogP contribution is 2.03. The molecule has 0 aromatic carbocycles. The van der Waals surface area contributed by atoms with Crippen molar-refractivity contribution in [2.24, 2.45) is 0 Å². The molecule has 22 heavy (non-hydrogen) atoms. The number of carbonyl (C=O) groups excluding carboxylic acids is 1. The van der Waals surface area contributed by atoms with E-state index >= 15 is 0 Å². The lowest BCUT2D eigenvalue weighted by molar-refractivity contribution is -0.140. The Hall–Kier alpha value is -0.256. The summed E-state index contributed by atoms with van der Waals surface area (Å²) in [6.45, 7) is 15.4. The fraction of sp³-hybridized carbons (Fsp3) is 0.929. The molecule has 0 aromatic rings. The van der Waals surface area contributed by atoms with Crippen LogP contribution in [0.5, 0.6) is 0 Å². The number of rotatable bonds is 13. The largest absolute Gasteiger partial charge is 0.518 e. The van der Waals surface area contributed by atoms with Crippen LogP contribution in [-0.2, 0) is 27.9 Å². The molecule has 0 aliphatic carbocycles. The summed E-state index contributed by atoms with van der Waals surface area (Å²) in [4.78, 5) is 11.4. The van der Waals surface area contributed by atoms with Crippen LogP contribution in [0.2, 0.25) is 39.3 Å². The van der Waals surface area contributed by atoms with Gasteiger partial charge in [0, 0.05) is 0 Å². The van der Waals surface area contributed by atoms with Crippen molar-refractivity contribution in [1.82, 2.24) is 0 Å². The third kappa shape index (κ3) is 17.8. The van der Waals surface area contributed by atoms with E-state index in [0.29, 0.717) is 39.6 Å². The van der Waals surface area contributed by atoms with Crippen LogP contribution >= 0.6 is 0 Å². The summed E-state index contributed by atoms with van der Waals surface area (Å²) in [5.74, 6) is -0.301. The molecule has 132 valence electrons. The molecule has 0 heterocycles. The molecule has 0 saturated heterocycles. The molecule has 0 spiro atoms. The SMILES string of the molecule is C[Si](C)(C)OCCOCCOCCOCC(=O)O[Si](C)(C)C. The second-order valence-electron chi connectivity index (χ2n) is 6.82. The van der Waals surface area contributed by atoms with Crippen LogP contribution in [-0.4, -0.2) is 68.9 Å². The van der Waals surface area contributed by atoms with Gasteiger partial charge in [0.05, 0.1) is 39.6 Å². The molecular weight excluding hydrogens is 320 g/mol. The minimum absolute atomic E-state index is 0.0157. The Kier molecular flexibility index (Phi) is 11.2. The summed E-state index contributed by atoms with van der Waals surface area (Å²) in [6, 6.07) is 0. The number of hydrogen-bond donors (Lipinski definition) is 0. The van der Waals surface area contributed by atoms with Gasteiger partial charge in [0.25, 0.3) is 0 Å². The van der Waals surface area contributed by atoms with Gasteiger partial charge in [0.15, 0.2) is 8.32 Å². The van der Waals surface area contributed by atoms with Gasteiger partial charge in [-0.2, -0.15) is 0 Å². The van der Waals surface area contributed by atoms with Crippen LogP contribution in [0.25, 0.3) is 0 Å². The predicted molar refractivity (Wildman–Crippen MR) is 91.2 cm³/mol. The summed E-state index contributed by atoms with van der Waals surface area (Å²) in [6.07, 6.45) is 0. The van der Waals surface area contributed by atoms with Crippen molar-refractivity contribution in [2.75, 3.05) is 46.2 Å². The van der Waals surface area contributed by atoms with Crippen LogP contribution in [0.4, 0.5) is 0 Å². The first kappa shape index (κ1) is 21.7. The lowest BCUT2D eigenvalue weighted by Gasteiger charge is -2.17. The van der Waals surface area contributed by atoms with Crippen LogP contribution in [0, 0.1) is 0 Å². The van der Waals surface area contributed by atoms with E-state index in [1.807, 2.05) is 19.6 Å². The van der Waals surface area contributed by atoms with Crippen LogP contribution < -0.4 is 0 Å². The molecule has 0 bridgehead atoms. The van der Waals surface area contributed by atoms with Crippen molar-refractivity contribution in [1.29, 1.82) is 0 Å². The fourth-order valence-electron chi connectivity index (χ4n) is 1.37. The van der Waals surface area contributed by atoms with E-state index in [-0.39, 0.29) is 12.6 Å². The minimum atomic E-state index is -1.81. The van der Waals surface area contributed by atoms with Gasteiger partial charge in [-0.3, -0.25) is 4.79 Å². The van der Waals surface area contributed by atoms with Gasteiger partial charge in [-0.25, -0.2) is 0 Å². The van der Waals surface area contributed by atoms with Crippen molar-refractivity contribution in [3.63, 3.8) is 0 Å². The molecule has 0 unspecified atom stereocenters. The topological polar surface area (TPSA) is 63.2 Å². The fourth-order valence-corrected chi connectivity index (χ4v) is 2.81. The van der Waals surface area contributed by atoms with Crippen LogP contribution in [0.1, 0.15) is 0 Å². The summed E-state index contributed by atoms with van der Waals surface area (Å²) < 4.78 is 26.8. The third-order valence-electron chi connectivity index (χ3n) is 2.15. The zero-order valence-electron chi connectivity index (χ0n) is 14.9. The molecule has 8 heteroatoms. The first-order chi connectivity index (χ1) is 10.1. The molecule has 0 aliphatic heterocycles. The maximum atomic E-state index is 11.4. The van der Waals surface area contributed by atoms with Crippen molar-refractivity contribution < 1.29 is 27.9 Å². The van der Waals surface area contributed by atoms with E-state index in [1.165, 1.54) is 0 Å². The Labute approximate surface area is 136 Å². The zero-order valence-corrected chi connectivity index (χ0v) is 16.9. The minimum Gasteiger partial charge on any atom is -0.518 e. The normalized spacial score (nSPS) is 12.5. The molecule has 0 rings (SSSR count). The van der Waals surface area contributed by atoms with Gasteiger partial charge in [0.1, 0.15) is 6.61 Å². The molecule has 0 aliphatic rings. The maximum Gasteiger partial charge on any atom is 0.318 e. The van der Waals surface area contributed by atoms with Crippen molar-refractivity contribution >= 4 is 22.6 Å². The Balaban J connectivity index is 3.26. The van der Waals surface area contributed by atoms with Gasteiger partial charge in [-0.1, -0.05) is 0 Å². The molecular formula is C14H32O6Si2. The zero-order chi connectivity index (χ0) is 17.1. The van der Waals surface area contributed by atoms with Crippen LogP contribution in [0.15, 0.2) is 0 Å². The second-order valence-corrected chi connectivity index (χ2v) is 15.8. The summed E-state index contributed by atoms with van der Waals surface area (Å²) >= 11 is 0. The monoisotopic (exact) mass is 352 g/mol. The van der Waals surface area contributed by atoms with E-state index in [4.69, 9.17) is 23.1 Å². The first-order valence-corrected chi connectivity index (χ1v) is 14.5. The van der Waals surface area contributed by atoms with Gasteiger partial charge in [-0.15, -0.1) is 0 Å². The number of carbonyl (C=O) groups is 1. The highest BCUT2D eigenvalue weighted by Gasteiger charge is 2.19. The number of ether oxygens (including phenoxy) is 3. The molecule has 0 N–H and O–H groups in total. The Morgan fingerprint density at radius 3 is 1.59 bits per heavy atom. The Morgan fingerprint density at radius 1 is 0.682 bits per heavy atom. The predicted octanol–water partition coefficient (Wildman–Crippen LogP) is 2.27. The Morgan fingerprint density at radius 2 is 1.14 bits per heavy atom. The van der Waals surface area contributed by atoms with E-state index in [0.717, 1.165) is 0 Å². The molecule has 0 saturated carbocycles. The molecule has 0 fully saturated rings. The summed E-state index contributed by atoms with van der Waals surface area (Å²) in [7, 11) is -3.25. The summed E-state index contributed by atoms with van der Waals surface area (Å²) in [5, 5.41) is 0. The summed E-state index contributed by atoms with van der Waals surface area (Å²) in [5.41, 5.74) is 0. The molecule has 6 nitrogen and oxygen atoms in total. The molecule has 0 amide bonds. The van der Waals surface area contributed by atoms with Crippen LogP contribution in [0.3, 0.4) is 0 Å². The van der Waals surface area contributed by atoms with Crippen molar-refractivity contribution in [3.05, 3.63) is 0 Å². The highest BCUT2D eigenvalue weighted by atomic mass is 28.4. The quantitative estimate of drug-likeness (QED) is 0.374. The average molecular weight is 353 g/mol. The van der Waals surface area contributed by atoms with E-state index < -0.39 is 16.6 Å². The smallest absolute Gasteiger partial charge is 0.318 e. The highest BCUT2D eigenvalue weighted by molar-refractivity contribution is 6.71. The van der Waals surface area contributed by atoms with Gasteiger partial charge in [-0.05, 0) is 39.3 Å². The van der Waals surface area contributed by atoms with Crippen molar-refractivity contribution in [2.45, 2.75) is 39.3 Å². The van der Waals surface area contributed by atoms with Gasteiger partial charge < -0.3 is 23.1 Å². The van der Waals surface area contributed by atoms with Gasteiger partial charge in [0.2, 0.25) is 8.32 Å². The molecule has 0 atom stereocenters. The lowest BCUT2D eigenvalue weighted by atomic mass is 10.7. The third-order valence-corrected chi connectivity index (χ3v) is 4.06. The average Bonchev–Trinajstić information content (AvgIpc) is 2.32. The first-order valence-electron chi connectivity index (χ1n) is 7.69. The Bertz CT molecular complexity index is 299.